The molecule has 32 heavy (non-hydrogen) atoms. The second-order valence-corrected chi connectivity index (χ2v) is 7.91. The summed E-state index contributed by atoms with van der Waals surface area (Å²) < 4.78 is 13.7. The van der Waals surface area contributed by atoms with Crippen molar-refractivity contribution in [2.45, 2.75) is 18.9 Å². The highest BCUT2D eigenvalue weighted by atomic mass is 19.1. The van der Waals surface area contributed by atoms with E-state index >= 15 is 0 Å². The molecule has 5 rings (SSSR count). The van der Waals surface area contributed by atoms with E-state index in [0.29, 0.717) is 11.5 Å². The molecular formula is C25H23FN6. The van der Waals surface area contributed by atoms with E-state index in [9.17, 15) is 4.39 Å². The van der Waals surface area contributed by atoms with Crippen LogP contribution in [0.1, 0.15) is 23.9 Å². The number of benzene rings is 1. The predicted molar refractivity (Wildman–Crippen MR) is 122 cm³/mol. The first-order valence-corrected chi connectivity index (χ1v) is 10.7. The summed E-state index contributed by atoms with van der Waals surface area (Å²) in [6, 6.07) is 18.1. The Kier molecular flexibility index (Phi) is 5.81. The van der Waals surface area contributed by atoms with Gasteiger partial charge in [-0.15, -0.1) is 0 Å². The maximum atomic E-state index is 13.7. The Morgan fingerprint density at radius 3 is 2.69 bits per heavy atom. The van der Waals surface area contributed by atoms with Crippen LogP contribution in [-0.2, 0) is 6.54 Å². The number of hydrogen-bond donors (Lipinski definition) is 1. The van der Waals surface area contributed by atoms with Crippen molar-refractivity contribution in [3.63, 3.8) is 0 Å². The Labute approximate surface area is 186 Å². The maximum absolute atomic E-state index is 13.7. The van der Waals surface area contributed by atoms with Crippen LogP contribution in [0.25, 0.3) is 11.3 Å². The first-order chi connectivity index (χ1) is 15.7. The fourth-order valence-electron chi connectivity index (χ4n) is 4.00. The summed E-state index contributed by atoms with van der Waals surface area (Å²) in [6.07, 6.45) is 6.31. The molecule has 3 aromatic heterocycles. The minimum Gasteiger partial charge on any atom is -0.340 e. The Morgan fingerprint density at radius 1 is 0.969 bits per heavy atom. The average molecular weight is 426 g/mol. The molecule has 4 heterocycles. The summed E-state index contributed by atoms with van der Waals surface area (Å²) in [6.45, 7) is 2.66. The van der Waals surface area contributed by atoms with E-state index in [1.807, 2.05) is 42.6 Å². The lowest BCUT2D eigenvalue weighted by Gasteiger charge is -2.16. The van der Waals surface area contributed by atoms with Gasteiger partial charge < -0.3 is 5.32 Å². The molecule has 0 aliphatic carbocycles. The average Bonchev–Trinajstić information content (AvgIpc) is 3.29. The summed E-state index contributed by atoms with van der Waals surface area (Å²) >= 11 is 0. The smallest absolute Gasteiger partial charge is 0.135 e. The molecule has 0 bridgehead atoms. The van der Waals surface area contributed by atoms with E-state index < -0.39 is 0 Å². The molecule has 1 fully saturated rings. The van der Waals surface area contributed by atoms with E-state index in [0.717, 1.165) is 48.8 Å². The second kappa shape index (κ2) is 9.20. The van der Waals surface area contributed by atoms with Crippen LogP contribution in [0.15, 0.2) is 79.3 Å². The molecule has 0 unspecified atom stereocenters. The predicted octanol–water partition coefficient (Wildman–Crippen LogP) is 4.81. The molecule has 1 atom stereocenters. The zero-order valence-electron chi connectivity index (χ0n) is 17.5. The molecule has 1 aliphatic heterocycles. The molecular weight excluding hydrogens is 403 g/mol. The van der Waals surface area contributed by atoms with E-state index in [4.69, 9.17) is 9.97 Å². The third-order valence-corrected chi connectivity index (χ3v) is 5.57. The summed E-state index contributed by atoms with van der Waals surface area (Å²) in [5.74, 6) is 1.37. The van der Waals surface area contributed by atoms with Gasteiger partial charge in [0.25, 0.3) is 0 Å². The maximum Gasteiger partial charge on any atom is 0.135 e. The van der Waals surface area contributed by atoms with Gasteiger partial charge in [0.15, 0.2) is 0 Å². The van der Waals surface area contributed by atoms with Crippen molar-refractivity contribution in [2.75, 3.05) is 18.4 Å². The number of aromatic nitrogens is 4. The Morgan fingerprint density at radius 2 is 1.88 bits per heavy atom. The van der Waals surface area contributed by atoms with Gasteiger partial charge in [-0.25, -0.2) is 14.4 Å². The van der Waals surface area contributed by atoms with Gasteiger partial charge in [-0.3, -0.25) is 14.9 Å². The Bertz CT molecular complexity index is 1190. The zero-order chi connectivity index (χ0) is 21.8. The second-order valence-electron chi connectivity index (χ2n) is 7.91. The summed E-state index contributed by atoms with van der Waals surface area (Å²) in [4.78, 5) is 20.6. The van der Waals surface area contributed by atoms with Crippen LogP contribution in [0.4, 0.5) is 15.9 Å². The molecule has 1 aliphatic rings. The molecule has 160 valence electrons. The number of anilines is 2. The van der Waals surface area contributed by atoms with Crippen LogP contribution in [0.2, 0.25) is 0 Å². The Balaban J connectivity index is 1.42. The molecule has 1 aromatic carbocycles. The molecule has 7 heteroatoms. The van der Waals surface area contributed by atoms with Gasteiger partial charge in [0.1, 0.15) is 17.5 Å². The third-order valence-electron chi connectivity index (χ3n) is 5.57. The first kappa shape index (κ1) is 20.2. The monoisotopic (exact) mass is 426 g/mol. The fourth-order valence-corrected chi connectivity index (χ4v) is 4.00. The lowest BCUT2D eigenvalue weighted by Crippen LogP contribution is -2.21. The number of nitrogens with zero attached hydrogens (tertiary/aromatic N) is 5. The van der Waals surface area contributed by atoms with Crippen molar-refractivity contribution < 1.29 is 4.39 Å². The van der Waals surface area contributed by atoms with Gasteiger partial charge in [0.2, 0.25) is 0 Å². The van der Waals surface area contributed by atoms with Crippen molar-refractivity contribution in [1.82, 2.24) is 24.8 Å². The first-order valence-electron chi connectivity index (χ1n) is 10.7. The molecule has 0 saturated carbocycles. The van der Waals surface area contributed by atoms with Gasteiger partial charge in [0.05, 0.1) is 11.4 Å². The van der Waals surface area contributed by atoms with Crippen LogP contribution in [0.5, 0.6) is 0 Å². The molecule has 4 aromatic rings. The highest BCUT2D eigenvalue weighted by Gasteiger charge is 2.27. The molecule has 0 radical (unpaired) electrons. The van der Waals surface area contributed by atoms with Crippen LogP contribution >= 0.6 is 0 Å². The highest BCUT2D eigenvalue weighted by Crippen LogP contribution is 2.30. The summed E-state index contributed by atoms with van der Waals surface area (Å²) in [5.41, 5.74) is 3.50. The van der Waals surface area contributed by atoms with Crippen LogP contribution in [0, 0.1) is 5.82 Å². The van der Waals surface area contributed by atoms with Gasteiger partial charge in [-0.1, -0.05) is 12.1 Å². The fraction of sp³-hybridized carbons (Fsp3) is 0.200. The van der Waals surface area contributed by atoms with Crippen molar-refractivity contribution in [2.24, 2.45) is 0 Å². The molecule has 0 amide bonds. The molecule has 0 spiro atoms. The molecule has 6 nitrogen and oxygen atoms in total. The van der Waals surface area contributed by atoms with Crippen LogP contribution in [0.3, 0.4) is 0 Å². The number of hydrogen-bond acceptors (Lipinski definition) is 6. The number of nitrogens with one attached hydrogen (secondary N) is 1. The lowest BCUT2D eigenvalue weighted by atomic mass is 10.1. The van der Waals surface area contributed by atoms with Gasteiger partial charge in [-0.2, -0.15) is 0 Å². The van der Waals surface area contributed by atoms with Crippen LogP contribution < -0.4 is 5.32 Å². The topological polar surface area (TPSA) is 66.8 Å². The van der Waals surface area contributed by atoms with Crippen molar-refractivity contribution in [3.8, 4) is 11.3 Å². The largest absolute Gasteiger partial charge is 0.340 e. The van der Waals surface area contributed by atoms with Gasteiger partial charge >= 0.3 is 0 Å². The molecule has 1 saturated heterocycles. The van der Waals surface area contributed by atoms with E-state index in [-0.39, 0.29) is 11.7 Å². The number of halogens is 1. The minimum atomic E-state index is -0.292. The molecule has 1 N–H and O–H groups in total. The quantitative estimate of drug-likeness (QED) is 0.477. The zero-order valence-corrected chi connectivity index (χ0v) is 17.5. The summed E-state index contributed by atoms with van der Waals surface area (Å²) in [7, 11) is 0. The number of likely N-dealkylation sites (tertiary alicyclic amines) is 1. The van der Waals surface area contributed by atoms with Gasteiger partial charge in [0, 0.05) is 54.9 Å². The van der Waals surface area contributed by atoms with E-state index in [1.165, 1.54) is 12.1 Å². The Hall–Kier alpha value is -3.71. The minimum absolute atomic E-state index is 0.216. The SMILES string of the molecule is Fc1cccc(Nc2cc(-c3ccncc3)nc([C@H]3CCN(Cc4ccccn4)C3)n2)c1. The van der Waals surface area contributed by atoms with Crippen molar-refractivity contribution in [3.05, 3.63) is 96.6 Å². The number of rotatable bonds is 6. The van der Waals surface area contributed by atoms with Gasteiger partial charge in [-0.05, 0) is 55.4 Å². The van der Waals surface area contributed by atoms with E-state index in [1.54, 1.807) is 18.5 Å². The van der Waals surface area contributed by atoms with Crippen molar-refractivity contribution in [1.29, 1.82) is 0 Å². The standard InChI is InChI=1S/C25H23FN6/c26-20-4-3-6-21(14-20)29-24-15-23(18-7-11-27-12-8-18)30-25(31-24)19-9-13-32(16-19)17-22-5-1-2-10-28-22/h1-8,10-12,14-15,19H,9,13,16-17H2,(H,29,30,31)/t19-/m0/s1. The third kappa shape index (κ3) is 4.78. The van der Waals surface area contributed by atoms with Crippen molar-refractivity contribution >= 4 is 11.5 Å². The van der Waals surface area contributed by atoms with E-state index in [2.05, 4.69) is 26.3 Å². The lowest BCUT2D eigenvalue weighted by molar-refractivity contribution is 0.321. The normalized spacial score (nSPS) is 16.2. The van der Waals surface area contributed by atoms with Crippen LogP contribution in [-0.4, -0.2) is 37.9 Å². The number of pyridine rings is 2. The summed E-state index contributed by atoms with van der Waals surface area (Å²) in [5, 5.41) is 3.24. The highest BCUT2D eigenvalue weighted by molar-refractivity contribution is 5.65.